The van der Waals surface area contributed by atoms with E-state index in [4.69, 9.17) is 11.5 Å². The zero-order chi connectivity index (χ0) is 4.28. The van der Waals surface area contributed by atoms with Crippen molar-refractivity contribution in [2.45, 2.75) is 13.0 Å². The summed E-state index contributed by atoms with van der Waals surface area (Å²) in [5.74, 6) is 0. The van der Waals surface area contributed by atoms with Crippen LogP contribution in [0.25, 0.3) is 0 Å². The molecule has 34 valence electrons. The molecule has 1 atom stereocenters. The van der Waals surface area contributed by atoms with Crippen LogP contribution in [0.3, 0.4) is 0 Å². The minimum absolute atomic E-state index is 0. The van der Waals surface area contributed by atoms with Crippen molar-refractivity contribution in [2.24, 2.45) is 11.5 Å². The van der Waals surface area contributed by atoms with Crippen LogP contribution in [0, 0.1) is 0 Å². The molecule has 2 nitrogen and oxygen atoms in total. The van der Waals surface area contributed by atoms with Gasteiger partial charge in [0, 0.05) is 12.6 Å². The molecular formula is C3H11N2Na. The van der Waals surface area contributed by atoms with Crippen LogP contribution in [0.1, 0.15) is 6.92 Å². The van der Waals surface area contributed by atoms with Crippen LogP contribution >= 0.6 is 0 Å². The Labute approximate surface area is 60.6 Å². The van der Waals surface area contributed by atoms with E-state index in [-0.39, 0.29) is 35.6 Å². The van der Waals surface area contributed by atoms with Crippen LogP contribution in [0.2, 0.25) is 0 Å². The van der Waals surface area contributed by atoms with Gasteiger partial charge in [0.15, 0.2) is 0 Å². The van der Waals surface area contributed by atoms with Gasteiger partial charge in [0.2, 0.25) is 0 Å². The predicted molar refractivity (Wildman–Crippen MR) is 29.9 cm³/mol. The molecule has 0 aliphatic rings. The SMILES string of the molecule is CC(N)CN.[NaH]. The molecule has 1 unspecified atom stereocenters. The van der Waals surface area contributed by atoms with Gasteiger partial charge < -0.3 is 11.5 Å². The van der Waals surface area contributed by atoms with Gasteiger partial charge in [-0.05, 0) is 6.92 Å². The van der Waals surface area contributed by atoms with Gasteiger partial charge in [0.25, 0.3) is 0 Å². The summed E-state index contributed by atoms with van der Waals surface area (Å²) in [5.41, 5.74) is 10.2. The Morgan fingerprint density at radius 3 is 1.83 bits per heavy atom. The van der Waals surface area contributed by atoms with E-state index in [1.165, 1.54) is 0 Å². The Morgan fingerprint density at radius 1 is 1.67 bits per heavy atom. The van der Waals surface area contributed by atoms with Crippen LogP contribution in [0.4, 0.5) is 0 Å². The molecule has 0 aromatic carbocycles. The molecular weight excluding hydrogens is 87.0 g/mol. The van der Waals surface area contributed by atoms with Crippen LogP contribution in [0.5, 0.6) is 0 Å². The summed E-state index contributed by atoms with van der Waals surface area (Å²) in [4.78, 5) is 0. The van der Waals surface area contributed by atoms with Crippen LogP contribution in [-0.2, 0) is 0 Å². The van der Waals surface area contributed by atoms with Gasteiger partial charge in [-0.3, -0.25) is 0 Å². The molecule has 0 aromatic rings. The van der Waals surface area contributed by atoms with Gasteiger partial charge in [-0.2, -0.15) is 0 Å². The van der Waals surface area contributed by atoms with Crippen molar-refractivity contribution in [1.29, 1.82) is 0 Å². The Hall–Kier alpha value is 0.920. The molecule has 0 aliphatic carbocycles. The standard InChI is InChI=1S/C3H10N2.Na.H/c1-3(5)2-4;;/h3H,2,4-5H2,1H3;;. The molecule has 0 fully saturated rings. The Balaban J connectivity index is 0. The Morgan fingerprint density at radius 2 is 1.83 bits per heavy atom. The third-order valence-electron chi connectivity index (χ3n) is 0.372. The number of hydrogen-bond donors (Lipinski definition) is 2. The first-order chi connectivity index (χ1) is 2.27. The molecule has 0 heterocycles. The second-order valence-corrected chi connectivity index (χ2v) is 1.21. The molecule has 0 aliphatic heterocycles. The first kappa shape index (κ1) is 10.0. The van der Waals surface area contributed by atoms with Crippen LogP contribution < -0.4 is 11.5 Å². The summed E-state index contributed by atoms with van der Waals surface area (Å²) in [6.07, 6.45) is 0. The fraction of sp³-hybridized carbons (Fsp3) is 1.00. The van der Waals surface area contributed by atoms with Crippen molar-refractivity contribution in [3.05, 3.63) is 0 Å². The first-order valence-corrected chi connectivity index (χ1v) is 1.73. The molecule has 0 amide bonds. The van der Waals surface area contributed by atoms with Crippen molar-refractivity contribution in [3.8, 4) is 0 Å². The summed E-state index contributed by atoms with van der Waals surface area (Å²) in [5, 5.41) is 0. The summed E-state index contributed by atoms with van der Waals surface area (Å²) in [7, 11) is 0. The molecule has 4 N–H and O–H groups in total. The summed E-state index contributed by atoms with van der Waals surface area (Å²) in [6, 6.07) is 0.162. The zero-order valence-electron chi connectivity index (χ0n) is 3.44. The maximum atomic E-state index is 5.17. The van der Waals surface area contributed by atoms with Gasteiger partial charge in [-0.25, -0.2) is 0 Å². The predicted octanol–water partition coefficient (Wildman–Crippen LogP) is -1.36. The zero-order valence-corrected chi connectivity index (χ0v) is 3.44. The minimum atomic E-state index is 0. The topological polar surface area (TPSA) is 52.0 Å². The van der Waals surface area contributed by atoms with Crippen molar-refractivity contribution < 1.29 is 0 Å². The number of rotatable bonds is 1. The molecule has 0 spiro atoms. The Kier molecular flexibility index (Phi) is 9.89. The first-order valence-electron chi connectivity index (χ1n) is 1.73. The van der Waals surface area contributed by atoms with Crippen LogP contribution in [0.15, 0.2) is 0 Å². The molecule has 0 saturated heterocycles. The van der Waals surface area contributed by atoms with Crippen molar-refractivity contribution in [2.75, 3.05) is 6.54 Å². The monoisotopic (exact) mass is 98.1 g/mol. The van der Waals surface area contributed by atoms with Gasteiger partial charge in [-0.1, -0.05) is 0 Å². The third kappa shape index (κ3) is 8.87. The summed E-state index contributed by atoms with van der Waals surface area (Å²) in [6.45, 7) is 2.46. The summed E-state index contributed by atoms with van der Waals surface area (Å²) < 4.78 is 0. The molecule has 0 bridgehead atoms. The quantitative estimate of drug-likeness (QED) is 0.398. The number of nitrogens with two attached hydrogens (primary N) is 2. The normalized spacial score (nSPS) is 12.5. The van der Waals surface area contributed by atoms with E-state index in [0.717, 1.165) is 0 Å². The van der Waals surface area contributed by atoms with Gasteiger partial charge in [0.05, 0.1) is 0 Å². The fourth-order valence-corrected chi connectivity index (χ4v) is 0. The molecule has 6 heavy (non-hydrogen) atoms. The average Bonchev–Trinajstić information content (AvgIpc) is 1.38. The maximum absolute atomic E-state index is 5.17. The average molecular weight is 98.1 g/mol. The second kappa shape index (κ2) is 5.92. The van der Waals surface area contributed by atoms with E-state index in [1.54, 1.807) is 0 Å². The van der Waals surface area contributed by atoms with Gasteiger partial charge in [-0.15, -0.1) is 0 Å². The van der Waals surface area contributed by atoms with E-state index >= 15 is 0 Å². The van der Waals surface area contributed by atoms with Crippen LogP contribution in [-0.4, -0.2) is 42.1 Å². The molecule has 0 rings (SSSR count). The Bertz CT molecular complexity index is 22.8. The van der Waals surface area contributed by atoms with E-state index in [0.29, 0.717) is 6.54 Å². The van der Waals surface area contributed by atoms with Gasteiger partial charge in [0.1, 0.15) is 0 Å². The van der Waals surface area contributed by atoms with Crippen molar-refractivity contribution in [1.82, 2.24) is 0 Å². The van der Waals surface area contributed by atoms with E-state index < -0.39 is 0 Å². The molecule has 3 heteroatoms. The van der Waals surface area contributed by atoms with E-state index in [9.17, 15) is 0 Å². The van der Waals surface area contributed by atoms with E-state index in [1.807, 2.05) is 6.92 Å². The summed E-state index contributed by atoms with van der Waals surface area (Å²) >= 11 is 0. The van der Waals surface area contributed by atoms with Crippen molar-refractivity contribution >= 4 is 29.6 Å². The number of hydrogen-bond acceptors (Lipinski definition) is 2. The van der Waals surface area contributed by atoms with Crippen molar-refractivity contribution in [3.63, 3.8) is 0 Å². The third-order valence-corrected chi connectivity index (χ3v) is 0.372. The fourth-order valence-electron chi connectivity index (χ4n) is 0. The second-order valence-electron chi connectivity index (χ2n) is 1.21. The van der Waals surface area contributed by atoms with Gasteiger partial charge >= 0.3 is 29.6 Å². The molecule has 0 saturated carbocycles. The molecule has 0 radical (unpaired) electrons. The molecule has 0 aromatic heterocycles. The van der Waals surface area contributed by atoms with E-state index in [2.05, 4.69) is 0 Å².